The van der Waals surface area contributed by atoms with E-state index in [1.165, 1.54) is 14.2 Å². The van der Waals surface area contributed by atoms with Gasteiger partial charge in [-0.15, -0.1) is 0 Å². The van der Waals surface area contributed by atoms with Crippen molar-refractivity contribution in [2.45, 2.75) is 30.7 Å². The lowest BCUT2D eigenvalue weighted by molar-refractivity contribution is -0.277. The van der Waals surface area contributed by atoms with E-state index in [1.807, 2.05) is 0 Å². The van der Waals surface area contributed by atoms with Crippen molar-refractivity contribution in [2.75, 3.05) is 20.8 Å². The third kappa shape index (κ3) is 4.85. The predicted octanol–water partition coefficient (Wildman–Crippen LogP) is 0.925. The van der Waals surface area contributed by atoms with Crippen molar-refractivity contribution in [3.8, 4) is 23.3 Å². The lowest BCUT2D eigenvalue weighted by atomic mass is 9.99. The highest BCUT2D eigenvalue weighted by atomic mass is 16.7. The summed E-state index contributed by atoms with van der Waals surface area (Å²) < 4.78 is 22.1. The van der Waals surface area contributed by atoms with Crippen LogP contribution in [0, 0.1) is 11.3 Å². The van der Waals surface area contributed by atoms with Crippen LogP contribution in [0.15, 0.2) is 36.4 Å². The van der Waals surface area contributed by atoms with Gasteiger partial charge in [0.2, 0.25) is 6.29 Å². The molecule has 2 aromatic rings. The van der Waals surface area contributed by atoms with Crippen molar-refractivity contribution < 1.29 is 39.4 Å². The summed E-state index contributed by atoms with van der Waals surface area (Å²) in [5.41, 5.74) is 1.64. The van der Waals surface area contributed by atoms with E-state index in [1.54, 1.807) is 48.6 Å². The zero-order chi connectivity index (χ0) is 23.3. The topological polar surface area (TPSA) is 142 Å². The maximum absolute atomic E-state index is 10.4. The number of hydrogen-bond donors (Lipinski definition) is 4. The number of aliphatic hydroxyl groups is 4. The number of rotatable bonds is 7. The smallest absolute Gasteiger partial charge is 0.229 e. The molecule has 170 valence electrons. The molecule has 0 aliphatic carbocycles. The summed E-state index contributed by atoms with van der Waals surface area (Å²) in [6.07, 6.45) is -3.80. The fraction of sp³-hybridized carbons (Fsp3) is 0.348. The first kappa shape index (κ1) is 23.5. The molecule has 0 amide bonds. The second kappa shape index (κ2) is 10.5. The van der Waals surface area contributed by atoms with E-state index in [4.69, 9.17) is 18.9 Å². The standard InChI is InChI=1S/C23H25NO8/c1-29-16-9-14(8-7-13-5-3-4-6-15(13)11-24)22(17(10-16)30-2)32-23-21(28)20(27)19(26)18(12-25)31-23/h3-10,18-21,23,25-28H,12H2,1-2H3/b8-7+/t18-,19-,20+,21-,23?/m1/s1. The molecule has 5 atom stereocenters. The van der Waals surface area contributed by atoms with Crippen molar-refractivity contribution in [2.24, 2.45) is 0 Å². The number of ether oxygens (including phenoxy) is 4. The normalized spacial score (nSPS) is 25.3. The van der Waals surface area contributed by atoms with Crippen LogP contribution >= 0.6 is 0 Å². The predicted molar refractivity (Wildman–Crippen MR) is 114 cm³/mol. The van der Waals surface area contributed by atoms with Crippen molar-refractivity contribution in [1.29, 1.82) is 5.26 Å². The first-order valence-electron chi connectivity index (χ1n) is 9.83. The van der Waals surface area contributed by atoms with E-state index >= 15 is 0 Å². The average molecular weight is 443 g/mol. The zero-order valence-corrected chi connectivity index (χ0v) is 17.6. The van der Waals surface area contributed by atoms with Gasteiger partial charge in [-0.05, 0) is 17.7 Å². The van der Waals surface area contributed by atoms with Gasteiger partial charge in [-0.25, -0.2) is 0 Å². The maximum Gasteiger partial charge on any atom is 0.229 e. The maximum atomic E-state index is 10.4. The van der Waals surface area contributed by atoms with Gasteiger partial charge in [0.25, 0.3) is 0 Å². The van der Waals surface area contributed by atoms with E-state index in [0.717, 1.165) is 0 Å². The molecule has 1 unspecified atom stereocenters. The SMILES string of the molecule is COc1cc(/C=C/c2ccccc2C#N)c(OC2O[C@H](CO)[C@@H](O)[C@H](O)[C@H]2O)c(OC)c1. The highest BCUT2D eigenvalue weighted by molar-refractivity contribution is 5.77. The van der Waals surface area contributed by atoms with Crippen molar-refractivity contribution in [3.63, 3.8) is 0 Å². The van der Waals surface area contributed by atoms with Gasteiger partial charge in [-0.2, -0.15) is 5.26 Å². The van der Waals surface area contributed by atoms with Gasteiger partial charge in [0.05, 0.1) is 32.5 Å². The molecule has 0 radical (unpaired) electrons. The number of nitrogens with zero attached hydrogens (tertiary/aromatic N) is 1. The van der Waals surface area contributed by atoms with Crippen molar-refractivity contribution in [1.82, 2.24) is 0 Å². The minimum absolute atomic E-state index is 0.170. The van der Waals surface area contributed by atoms with Crippen LogP contribution in [0.2, 0.25) is 0 Å². The first-order valence-corrected chi connectivity index (χ1v) is 9.83. The Balaban J connectivity index is 2.01. The van der Waals surface area contributed by atoms with E-state index in [9.17, 15) is 25.7 Å². The van der Waals surface area contributed by atoms with E-state index in [0.29, 0.717) is 22.4 Å². The molecule has 1 aliphatic heterocycles. The molecule has 1 heterocycles. The average Bonchev–Trinajstić information content (AvgIpc) is 2.83. The summed E-state index contributed by atoms with van der Waals surface area (Å²) in [5.74, 6) is 0.897. The molecule has 0 saturated carbocycles. The molecule has 0 bridgehead atoms. The highest BCUT2D eigenvalue weighted by Crippen LogP contribution is 2.39. The summed E-state index contributed by atoms with van der Waals surface area (Å²) in [7, 11) is 2.92. The first-order chi connectivity index (χ1) is 15.4. The van der Waals surface area contributed by atoms with Crippen LogP contribution < -0.4 is 14.2 Å². The van der Waals surface area contributed by atoms with Crippen LogP contribution in [0.25, 0.3) is 12.2 Å². The second-order valence-corrected chi connectivity index (χ2v) is 7.10. The molecule has 1 saturated heterocycles. The van der Waals surface area contributed by atoms with Crippen molar-refractivity contribution >= 4 is 12.2 Å². The minimum atomic E-state index is -1.59. The van der Waals surface area contributed by atoms with Gasteiger partial charge in [-0.1, -0.05) is 30.4 Å². The molecule has 0 spiro atoms. The quantitative estimate of drug-likeness (QED) is 0.460. The van der Waals surface area contributed by atoms with Gasteiger partial charge in [0, 0.05) is 11.6 Å². The third-order valence-electron chi connectivity index (χ3n) is 5.12. The molecule has 0 aromatic heterocycles. The van der Waals surface area contributed by atoms with Gasteiger partial charge in [0.1, 0.15) is 30.2 Å². The molecule has 9 nitrogen and oxygen atoms in total. The Hall–Kier alpha value is -3.13. The van der Waals surface area contributed by atoms with Crippen LogP contribution in [0.5, 0.6) is 17.2 Å². The summed E-state index contributed by atoms with van der Waals surface area (Å²) in [5, 5.41) is 49.2. The van der Waals surface area contributed by atoms with E-state index in [-0.39, 0.29) is 11.5 Å². The molecule has 2 aromatic carbocycles. The van der Waals surface area contributed by atoms with Crippen molar-refractivity contribution in [3.05, 3.63) is 53.1 Å². The fourth-order valence-corrected chi connectivity index (χ4v) is 3.32. The van der Waals surface area contributed by atoms with Crippen LogP contribution in [-0.4, -0.2) is 72.0 Å². The fourth-order valence-electron chi connectivity index (χ4n) is 3.32. The monoisotopic (exact) mass is 443 g/mol. The number of methoxy groups -OCH3 is 2. The Kier molecular flexibility index (Phi) is 7.69. The Morgan fingerprint density at radius 2 is 1.72 bits per heavy atom. The number of benzene rings is 2. The van der Waals surface area contributed by atoms with Crippen LogP contribution in [0.3, 0.4) is 0 Å². The molecule has 32 heavy (non-hydrogen) atoms. The largest absolute Gasteiger partial charge is 0.497 e. The highest BCUT2D eigenvalue weighted by Gasteiger charge is 2.45. The van der Waals surface area contributed by atoms with Crippen LogP contribution in [0.4, 0.5) is 0 Å². The second-order valence-electron chi connectivity index (χ2n) is 7.10. The summed E-state index contributed by atoms with van der Waals surface area (Å²) in [6, 6.07) is 12.4. The Bertz CT molecular complexity index is 1000. The molecule has 9 heteroatoms. The van der Waals surface area contributed by atoms with E-state index < -0.39 is 37.3 Å². The number of aliphatic hydroxyl groups excluding tert-OH is 4. The Morgan fingerprint density at radius 3 is 2.38 bits per heavy atom. The Labute approximate surface area is 185 Å². The lowest BCUT2D eigenvalue weighted by Crippen LogP contribution is -2.60. The molecule has 1 aliphatic rings. The molecular weight excluding hydrogens is 418 g/mol. The van der Waals surface area contributed by atoms with Gasteiger partial charge in [-0.3, -0.25) is 0 Å². The molecular formula is C23H25NO8. The van der Waals surface area contributed by atoms with Gasteiger partial charge < -0.3 is 39.4 Å². The van der Waals surface area contributed by atoms with E-state index in [2.05, 4.69) is 6.07 Å². The lowest BCUT2D eigenvalue weighted by Gasteiger charge is -2.39. The van der Waals surface area contributed by atoms with Gasteiger partial charge >= 0.3 is 0 Å². The molecule has 3 rings (SSSR count). The van der Waals surface area contributed by atoms with Gasteiger partial charge in [0.15, 0.2) is 11.5 Å². The number of hydrogen-bond acceptors (Lipinski definition) is 9. The third-order valence-corrected chi connectivity index (χ3v) is 5.12. The zero-order valence-electron chi connectivity index (χ0n) is 17.6. The summed E-state index contributed by atoms with van der Waals surface area (Å²) in [4.78, 5) is 0. The van der Waals surface area contributed by atoms with Crippen LogP contribution in [-0.2, 0) is 4.74 Å². The van der Waals surface area contributed by atoms with Crippen LogP contribution in [0.1, 0.15) is 16.7 Å². The molecule has 1 fully saturated rings. The summed E-state index contributed by atoms with van der Waals surface area (Å²) >= 11 is 0. The minimum Gasteiger partial charge on any atom is -0.497 e. The number of nitriles is 1. The Morgan fingerprint density at radius 1 is 1.00 bits per heavy atom. The summed E-state index contributed by atoms with van der Waals surface area (Å²) in [6.45, 7) is -0.581. The molecule has 4 N–H and O–H groups in total.